The average molecular weight is 648 g/mol. The Morgan fingerprint density at radius 2 is 2.02 bits per heavy atom. The maximum absolute atomic E-state index is 14.3. The number of halogens is 5. The summed E-state index contributed by atoms with van der Waals surface area (Å²) in [7, 11) is 0. The molecule has 0 aliphatic carbocycles. The number of ether oxygens (including phenoxy) is 2. The number of benzene rings is 1. The Labute approximate surface area is 257 Å². The number of thiophene rings is 1. The minimum atomic E-state index is -4.68. The molecule has 7 rings (SSSR count). The number of hydrogen-bond acceptors (Lipinski definition) is 8. The summed E-state index contributed by atoms with van der Waals surface area (Å²) >= 11 is 7.31. The fraction of sp³-hybridized carbons (Fsp3) is 0.379. The second kappa shape index (κ2) is 11.4. The van der Waals surface area contributed by atoms with Gasteiger partial charge < -0.3 is 14.0 Å². The van der Waals surface area contributed by atoms with Crippen LogP contribution in [-0.4, -0.2) is 53.9 Å². The van der Waals surface area contributed by atoms with Crippen LogP contribution >= 0.6 is 22.9 Å². The molecule has 1 saturated heterocycles. The predicted molar refractivity (Wildman–Crippen MR) is 155 cm³/mol. The lowest BCUT2D eigenvalue weighted by Crippen LogP contribution is -2.34. The zero-order chi connectivity index (χ0) is 30.6. The second-order valence-electron chi connectivity index (χ2n) is 10.9. The van der Waals surface area contributed by atoms with Gasteiger partial charge in [0.25, 0.3) is 0 Å². The van der Waals surface area contributed by atoms with Crippen LogP contribution in [0.3, 0.4) is 0 Å². The van der Waals surface area contributed by atoms with Crippen LogP contribution in [0.1, 0.15) is 40.5 Å². The summed E-state index contributed by atoms with van der Waals surface area (Å²) in [6.45, 7) is 4.11. The number of alkyl halides is 3. The lowest BCUT2D eigenvalue weighted by atomic mass is 10.0. The van der Waals surface area contributed by atoms with Gasteiger partial charge in [-0.1, -0.05) is 17.7 Å². The van der Waals surface area contributed by atoms with Gasteiger partial charge in [-0.05, 0) is 49.6 Å². The van der Waals surface area contributed by atoms with Gasteiger partial charge in [-0.25, -0.2) is 19.3 Å². The molecule has 9 nitrogen and oxygen atoms in total. The van der Waals surface area contributed by atoms with Crippen LogP contribution in [0.4, 0.5) is 17.6 Å². The molecule has 5 aromatic rings. The maximum Gasteiger partial charge on any atom is 0.421 e. The number of hydrogen-bond donors (Lipinski definition) is 1. The molecule has 1 aromatic carbocycles. The lowest BCUT2D eigenvalue weighted by molar-refractivity contribution is -0.139. The molecule has 0 bridgehead atoms. The predicted octanol–water partition coefficient (Wildman–Crippen LogP) is 6.32. The van der Waals surface area contributed by atoms with Gasteiger partial charge in [-0.2, -0.15) is 18.3 Å². The van der Waals surface area contributed by atoms with Crippen molar-refractivity contribution in [2.24, 2.45) is 0 Å². The molecule has 0 unspecified atom stereocenters. The number of nitrogens with zero attached hydrogens (tertiary/aromatic N) is 6. The third-order valence-corrected chi connectivity index (χ3v) is 9.05. The number of rotatable bonds is 8. The van der Waals surface area contributed by atoms with Gasteiger partial charge in [0.05, 0.1) is 35.3 Å². The number of imidazole rings is 1. The Balaban J connectivity index is 1.15. The Bertz CT molecular complexity index is 1850. The molecule has 15 heteroatoms. The van der Waals surface area contributed by atoms with Crippen molar-refractivity contribution < 1.29 is 27.0 Å². The number of pyridine rings is 1. The van der Waals surface area contributed by atoms with Crippen LogP contribution < -0.4 is 4.74 Å². The summed E-state index contributed by atoms with van der Waals surface area (Å²) < 4.78 is 69.6. The molecule has 4 aromatic heterocycles. The van der Waals surface area contributed by atoms with Crippen molar-refractivity contribution in [3.8, 4) is 16.6 Å². The van der Waals surface area contributed by atoms with E-state index < -0.39 is 30.0 Å². The third-order valence-electron chi connectivity index (χ3n) is 7.80. The summed E-state index contributed by atoms with van der Waals surface area (Å²) in [4.78, 5) is 17.6. The highest BCUT2D eigenvalue weighted by atomic mass is 35.5. The van der Waals surface area contributed by atoms with Gasteiger partial charge in [0, 0.05) is 30.3 Å². The van der Waals surface area contributed by atoms with Crippen molar-refractivity contribution in [1.82, 2.24) is 34.6 Å². The highest BCUT2D eigenvalue weighted by molar-refractivity contribution is 7.21. The quantitative estimate of drug-likeness (QED) is 0.197. The molecule has 0 spiro atoms. The Morgan fingerprint density at radius 1 is 1.18 bits per heavy atom. The minimum Gasteiger partial charge on any atom is -0.472 e. The van der Waals surface area contributed by atoms with E-state index in [9.17, 15) is 17.6 Å². The third kappa shape index (κ3) is 5.78. The van der Waals surface area contributed by atoms with E-state index in [1.807, 2.05) is 13.0 Å². The average Bonchev–Trinajstić information content (AvgIpc) is 3.64. The molecule has 1 fully saturated rings. The SMILES string of the molecule is Cc1nc(-c2cc3c(nc(CN4CCc5cc(C(F)(F)F)c(OCc6ccc(Cl)cc6F)nc5C4)n3C[C@@H]3CCO3)s2)n[nH]1. The van der Waals surface area contributed by atoms with E-state index in [0.29, 0.717) is 49.7 Å². The molecular formula is C29H26ClF4N7O2S. The number of aryl methyl sites for hydroxylation is 1. The largest absolute Gasteiger partial charge is 0.472 e. The van der Waals surface area contributed by atoms with Crippen molar-refractivity contribution in [3.63, 3.8) is 0 Å². The number of fused-ring (bicyclic) bond motifs is 2. The van der Waals surface area contributed by atoms with Crippen molar-refractivity contribution in [3.05, 3.63) is 75.2 Å². The maximum atomic E-state index is 14.3. The van der Waals surface area contributed by atoms with Crippen LogP contribution in [0.5, 0.6) is 5.88 Å². The molecule has 2 aliphatic heterocycles. The van der Waals surface area contributed by atoms with Crippen LogP contribution in [0, 0.1) is 12.7 Å². The monoisotopic (exact) mass is 647 g/mol. The first-order valence-electron chi connectivity index (χ1n) is 14.0. The molecule has 1 N–H and O–H groups in total. The van der Waals surface area contributed by atoms with E-state index in [1.165, 1.54) is 23.5 Å². The van der Waals surface area contributed by atoms with Gasteiger partial charge in [-0.15, -0.1) is 11.3 Å². The molecule has 2 aliphatic rings. The van der Waals surface area contributed by atoms with E-state index >= 15 is 0 Å². The molecule has 44 heavy (non-hydrogen) atoms. The van der Waals surface area contributed by atoms with Gasteiger partial charge in [0.1, 0.15) is 34.5 Å². The van der Waals surface area contributed by atoms with Crippen molar-refractivity contribution in [2.45, 2.75) is 58.3 Å². The van der Waals surface area contributed by atoms with Gasteiger partial charge >= 0.3 is 6.18 Å². The topological polar surface area (TPSA) is 94.0 Å². The molecule has 0 saturated carbocycles. The van der Waals surface area contributed by atoms with Crippen LogP contribution in [-0.2, 0) is 43.6 Å². The zero-order valence-electron chi connectivity index (χ0n) is 23.4. The second-order valence-corrected chi connectivity index (χ2v) is 12.4. The summed E-state index contributed by atoms with van der Waals surface area (Å²) in [5, 5.41) is 7.33. The fourth-order valence-corrected chi connectivity index (χ4v) is 6.56. The van der Waals surface area contributed by atoms with Gasteiger partial charge in [0.15, 0.2) is 5.82 Å². The van der Waals surface area contributed by atoms with E-state index in [0.717, 1.165) is 52.0 Å². The first-order valence-corrected chi connectivity index (χ1v) is 15.2. The first kappa shape index (κ1) is 29.1. The van der Waals surface area contributed by atoms with Crippen molar-refractivity contribution >= 4 is 33.3 Å². The van der Waals surface area contributed by atoms with E-state index in [2.05, 4.69) is 29.6 Å². The van der Waals surface area contributed by atoms with E-state index in [-0.39, 0.29) is 16.7 Å². The zero-order valence-corrected chi connectivity index (χ0v) is 25.0. The summed E-state index contributed by atoms with van der Waals surface area (Å²) in [5.41, 5.74) is 1.06. The molecule has 1 atom stereocenters. The summed E-state index contributed by atoms with van der Waals surface area (Å²) in [6.07, 6.45) is -3.25. The van der Waals surface area contributed by atoms with Crippen LogP contribution in [0.2, 0.25) is 5.02 Å². The van der Waals surface area contributed by atoms with E-state index in [1.54, 1.807) is 0 Å². The smallest absolute Gasteiger partial charge is 0.421 e. The van der Waals surface area contributed by atoms with Gasteiger partial charge in [0.2, 0.25) is 5.88 Å². The van der Waals surface area contributed by atoms with Crippen LogP contribution in [0.15, 0.2) is 30.3 Å². The first-order chi connectivity index (χ1) is 21.1. The van der Waals surface area contributed by atoms with Crippen molar-refractivity contribution in [1.29, 1.82) is 0 Å². The molecule has 0 amide bonds. The van der Waals surface area contributed by atoms with Crippen LogP contribution in [0.25, 0.3) is 21.0 Å². The number of H-pyrrole nitrogens is 1. The van der Waals surface area contributed by atoms with E-state index in [4.69, 9.17) is 26.1 Å². The normalized spacial score (nSPS) is 17.2. The minimum absolute atomic E-state index is 0.0762. The lowest BCUT2D eigenvalue weighted by Gasteiger charge is -2.30. The summed E-state index contributed by atoms with van der Waals surface area (Å²) in [6, 6.07) is 7.06. The van der Waals surface area contributed by atoms with Crippen molar-refractivity contribution in [2.75, 3.05) is 13.2 Å². The number of aromatic nitrogens is 6. The highest BCUT2D eigenvalue weighted by Crippen LogP contribution is 2.38. The fourth-order valence-electron chi connectivity index (χ4n) is 5.41. The standard InChI is InChI=1S/C29H26ClF4N7O2S/c1-15-35-26(39-38-15)24-10-23-28(44-24)37-25(41(23)11-19-5-7-42-19)13-40-6-4-16-8-20(29(32,33)34)27(36-22(16)12-40)43-14-17-2-3-18(30)9-21(17)31/h2-3,8-10,19H,4-7,11-14H2,1H3,(H,35,38,39)/t19-/m0/s1. The van der Waals surface area contributed by atoms with Gasteiger partial charge in [-0.3, -0.25) is 10.00 Å². The Morgan fingerprint density at radius 3 is 2.73 bits per heavy atom. The molecule has 6 heterocycles. The molecule has 230 valence electrons. The Kier molecular flexibility index (Phi) is 7.55. The highest BCUT2D eigenvalue weighted by Gasteiger charge is 2.37. The molecule has 0 radical (unpaired) electrons. The number of nitrogens with one attached hydrogen (secondary N) is 1. The summed E-state index contributed by atoms with van der Waals surface area (Å²) in [5.74, 6) is 0.938. The molecular weight excluding hydrogens is 622 g/mol. The Hall–Kier alpha value is -3.59. The number of aromatic amines is 1.